The van der Waals surface area contributed by atoms with E-state index in [4.69, 9.17) is 14.2 Å². The molecule has 0 fully saturated rings. The van der Waals surface area contributed by atoms with Gasteiger partial charge in [-0.25, -0.2) is 0 Å². The van der Waals surface area contributed by atoms with Crippen LogP contribution in [0.5, 0.6) is 17.2 Å². The molecule has 0 bridgehead atoms. The molecule has 0 aliphatic heterocycles. The molecule has 7 heteroatoms. The summed E-state index contributed by atoms with van der Waals surface area (Å²) < 4.78 is 16.0. The van der Waals surface area contributed by atoms with Crippen molar-refractivity contribution < 1.29 is 24.4 Å². The van der Waals surface area contributed by atoms with Gasteiger partial charge in [0.15, 0.2) is 11.5 Å². The van der Waals surface area contributed by atoms with Crippen LogP contribution >= 0.6 is 12.4 Å². The molecular weight excluding hydrogens is 358 g/mol. The number of phenols is 1. The summed E-state index contributed by atoms with van der Waals surface area (Å²) in [6.07, 6.45) is -0.535. The minimum Gasteiger partial charge on any atom is -0.508 e. The van der Waals surface area contributed by atoms with Crippen LogP contribution in [0, 0.1) is 0 Å². The second kappa shape index (κ2) is 10.9. The Kier molecular flexibility index (Phi) is 9.23. The van der Waals surface area contributed by atoms with Crippen molar-refractivity contribution in [1.82, 2.24) is 5.32 Å². The van der Waals surface area contributed by atoms with Gasteiger partial charge in [0.25, 0.3) is 0 Å². The number of phenolic OH excluding ortho intramolecular Hbond substituents is 1. The molecule has 144 valence electrons. The molecule has 0 radical (unpaired) electrons. The normalized spacial score (nSPS) is 12.8. The van der Waals surface area contributed by atoms with E-state index in [2.05, 4.69) is 5.32 Å². The Morgan fingerprint density at radius 1 is 1.00 bits per heavy atom. The average molecular weight is 384 g/mol. The summed E-state index contributed by atoms with van der Waals surface area (Å²) in [7, 11) is 4.79. The number of methoxy groups -OCH3 is 3. The Bertz CT molecular complexity index is 683. The largest absolute Gasteiger partial charge is 0.508 e. The van der Waals surface area contributed by atoms with Crippen LogP contribution in [0.3, 0.4) is 0 Å². The number of aliphatic hydroxyl groups is 1. The van der Waals surface area contributed by atoms with Gasteiger partial charge in [-0.2, -0.15) is 0 Å². The summed E-state index contributed by atoms with van der Waals surface area (Å²) in [5.41, 5.74) is 1.49. The minimum absolute atomic E-state index is 0. The van der Waals surface area contributed by atoms with Crippen molar-refractivity contribution in [3.8, 4) is 17.2 Å². The molecule has 2 aromatic carbocycles. The maximum atomic E-state index is 10.2. The molecule has 0 saturated carbocycles. The van der Waals surface area contributed by atoms with E-state index in [1.54, 1.807) is 45.6 Å². The number of rotatable bonds is 9. The number of hydrogen-bond donors (Lipinski definition) is 3. The van der Waals surface area contributed by atoms with Crippen LogP contribution in [-0.4, -0.2) is 44.3 Å². The number of nitrogens with one attached hydrogen (secondary N) is 1. The maximum Gasteiger partial charge on any atom is 0.160 e. The van der Waals surface area contributed by atoms with E-state index >= 15 is 0 Å². The average Bonchev–Trinajstić information content (AvgIpc) is 2.64. The summed E-state index contributed by atoms with van der Waals surface area (Å²) in [4.78, 5) is 0. The third kappa shape index (κ3) is 5.78. The third-order valence-corrected chi connectivity index (χ3v) is 3.99. The summed E-state index contributed by atoms with van der Waals surface area (Å²) in [5.74, 6) is 1.40. The van der Waals surface area contributed by atoms with Crippen molar-refractivity contribution in [3.63, 3.8) is 0 Å². The molecule has 2 aromatic rings. The van der Waals surface area contributed by atoms with Gasteiger partial charge in [0.1, 0.15) is 12.0 Å². The lowest BCUT2D eigenvalue weighted by Crippen LogP contribution is -2.35. The van der Waals surface area contributed by atoms with Crippen LogP contribution in [0.25, 0.3) is 0 Å². The van der Waals surface area contributed by atoms with Gasteiger partial charge in [0, 0.05) is 25.6 Å². The topological polar surface area (TPSA) is 80.2 Å². The Hall–Kier alpha value is -1.99. The van der Waals surface area contributed by atoms with Crippen LogP contribution < -0.4 is 14.8 Å². The van der Waals surface area contributed by atoms with E-state index in [1.807, 2.05) is 18.2 Å². The SMILES string of the molecule is COc1ccc(CC(NCC(O)c2ccccc2O)OC)cc1OC.Cl. The van der Waals surface area contributed by atoms with E-state index in [0.29, 0.717) is 23.5 Å². The van der Waals surface area contributed by atoms with Crippen molar-refractivity contribution in [3.05, 3.63) is 53.6 Å². The van der Waals surface area contributed by atoms with Gasteiger partial charge >= 0.3 is 0 Å². The van der Waals surface area contributed by atoms with E-state index in [0.717, 1.165) is 5.56 Å². The van der Waals surface area contributed by atoms with Gasteiger partial charge in [-0.1, -0.05) is 24.3 Å². The molecule has 0 heterocycles. The second-order valence-corrected chi connectivity index (χ2v) is 5.60. The van der Waals surface area contributed by atoms with Gasteiger partial charge < -0.3 is 24.4 Å². The molecule has 2 unspecified atom stereocenters. The first-order valence-corrected chi connectivity index (χ1v) is 8.02. The van der Waals surface area contributed by atoms with Crippen molar-refractivity contribution in [2.75, 3.05) is 27.9 Å². The lowest BCUT2D eigenvalue weighted by atomic mass is 10.1. The van der Waals surface area contributed by atoms with Gasteiger partial charge in [0.2, 0.25) is 0 Å². The highest BCUT2D eigenvalue weighted by Crippen LogP contribution is 2.28. The molecular formula is C19H26ClNO5. The maximum absolute atomic E-state index is 10.2. The fraction of sp³-hybridized carbons (Fsp3) is 0.368. The highest BCUT2D eigenvalue weighted by Gasteiger charge is 2.15. The van der Waals surface area contributed by atoms with Crippen LogP contribution in [0.15, 0.2) is 42.5 Å². The first kappa shape index (κ1) is 22.1. The molecule has 0 saturated heterocycles. The zero-order valence-electron chi connectivity index (χ0n) is 15.1. The molecule has 2 rings (SSSR count). The van der Waals surface area contributed by atoms with E-state index in [-0.39, 0.29) is 30.9 Å². The van der Waals surface area contributed by atoms with Crippen molar-refractivity contribution in [1.29, 1.82) is 0 Å². The second-order valence-electron chi connectivity index (χ2n) is 5.60. The van der Waals surface area contributed by atoms with E-state index < -0.39 is 6.10 Å². The zero-order chi connectivity index (χ0) is 18.2. The van der Waals surface area contributed by atoms with E-state index in [1.165, 1.54) is 0 Å². The number of para-hydroxylation sites is 1. The van der Waals surface area contributed by atoms with E-state index in [9.17, 15) is 10.2 Å². The number of hydrogen-bond acceptors (Lipinski definition) is 6. The molecule has 0 aliphatic carbocycles. The Morgan fingerprint density at radius 2 is 1.69 bits per heavy atom. The fourth-order valence-corrected chi connectivity index (χ4v) is 2.58. The number of benzene rings is 2. The molecule has 2 atom stereocenters. The monoisotopic (exact) mass is 383 g/mol. The number of aromatic hydroxyl groups is 1. The number of aliphatic hydroxyl groups excluding tert-OH is 1. The summed E-state index contributed by atoms with van der Waals surface area (Å²) in [6, 6.07) is 12.4. The molecule has 3 N–H and O–H groups in total. The zero-order valence-corrected chi connectivity index (χ0v) is 16.0. The van der Waals surface area contributed by atoms with Crippen LogP contribution in [-0.2, 0) is 11.2 Å². The molecule has 0 spiro atoms. The highest BCUT2D eigenvalue weighted by molar-refractivity contribution is 5.85. The summed E-state index contributed by atoms with van der Waals surface area (Å²) >= 11 is 0. The van der Waals surface area contributed by atoms with Crippen LogP contribution in [0.2, 0.25) is 0 Å². The molecule has 0 amide bonds. The quantitative estimate of drug-likeness (QED) is 0.578. The van der Waals surface area contributed by atoms with Gasteiger partial charge in [-0.3, -0.25) is 5.32 Å². The van der Waals surface area contributed by atoms with Crippen molar-refractivity contribution in [2.24, 2.45) is 0 Å². The standard InChI is InChI=1S/C19H25NO5.ClH/c1-23-17-9-8-13(10-18(17)24-2)11-19(25-3)20-12-16(22)14-6-4-5-7-15(14)21;/h4-10,16,19-22H,11-12H2,1-3H3;1H. The molecule has 0 aromatic heterocycles. The molecule has 6 nitrogen and oxygen atoms in total. The predicted molar refractivity (Wildman–Crippen MR) is 102 cm³/mol. The van der Waals surface area contributed by atoms with Crippen LogP contribution in [0.4, 0.5) is 0 Å². The summed E-state index contributed by atoms with van der Waals surface area (Å²) in [6.45, 7) is 0.253. The Morgan fingerprint density at radius 3 is 2.31 bits per heavy atom. The molecule has 0 aliphatic rings. The third-order valence-electron chi connectivity index (χ3n) is 3.99. The van der Waals surface area contributed by atoms with Gasteiger partial charge in [0.05, 0.1) is 20.3 Å². The lowest BCUT2D eigenvalue weighted by molar-refractivity contribution is 0.0573. The summed E-state index contributed by atoms with van der Waals surface area (Å²) in [5, 5.41) is 23.2. The predicted octanol–water partition coefficient (Wildman–Crippen LogP) is 2.67. The Balaban J connectivity index is 0.00000338. The van der Waals surface area contributed by atoms with Crippen molar-refractivity contribution >= 4 is 12.4 Å². The Labute approximate surface area is 160 Å². The number of halogens is 1. The fourth-order valence-electron chi connectivity index (χ4n) is 2.58. The van der Waals surface area contributed by atoms with Gasteiger partial charge in [-0.05, 0) is 23.8 Å². The highest BCUT2D eigenvalue weighted by atomic mass is 35.5. The first-order chi connectivity index (χ1) is 12.1. The van der Waals surface area contributed by atoms with Crippen LogP contribution in [0.1, 0.15) is 17.2 Å². The lowest BCUT2D eigenvalue weighted by Gasteiger charge is -2.20. The van der Waals surface area contributed by atoms with Gasteiger partial charge in [-0.15, -0.1) is 12.4 Å². The van der Waals surface area contributed by atoms with Crippen molar-refractivity contribution in [2.45, 2.75) is 18.8 Å². The first-order valence-electron chi connectivity index (χ1n) is 8.02. The smallest absolute Gasteiger partial charge is 0.160 e. The number of ether oxygens (including phenoxy) is 3. The molecule has 26 heavy (non-hydrogen) atoms. The minimum atomic E-state index is -0.829.